The molecule has 0 radical (unpaired) electrons. The predicted octanol–water partition coefficient (Wildman–Crippen LogP) is 6.86. The minimum absolute atomic E-state index is 0.181. The number of pyridine rings is 1. The van der Waals surface area contributed by atoms with E-state index in [-0.39, 0.29) is 5.56 Å². The summed E-state index contributed by atoms with van der Waals surface area (Å²) in [4.78, 5) is 16.3. The number of aromatic nitrogens is 1. The van der Waals surface area contributed by atoms with Crippen molar-refractivity contribution in [2.45, 2.75) is 98.3 Å². The Hall–Kier alpha value is -1.63. The fourth-order valence-electron chi connectivity index (χ4n) is 10.4. The van der Waals surface area contributed by atoms with Gasteiger partial charge in [-0.3, -0.25) is 9.78 Å². The van der Waals surface area contributed by atoms with E-state index in [1.54, 1.807) is 12.3 Å². The van der Waals surface area contributed by atoms with Gasteiger partial charge in [0, 0.05) is 6.20 Å². The number of nitrogens with one attached hydrogen (secondary N) is 1. The molecule has 5 rings (SSSR count). The van der Waals surface area contributed by atoms with E-state index < -0.39 is 15.9 Å². The van der Waals surface area contributed by atoms with Gasteiger partial charge in [-0.05, 0) is 110 Å². The van der Waals surface area contributed by atoms with Crippen LogP contribution < -0.4 is 9.46 Å². The predicted molar refractivity (Wildman–Crippen MR) is 155 cm³/mol. The van der Waals surface area contributed by atoms with Crippen molar-refractivity contribution in [1.29, 1.82) is 0 Å². The van der Waals surface area contributed by atoms with E-state index in [1.807, 2.05) is 4.72 Å². The molecule has 7 heteroatoms. The van der Waals surface area contributed by atoms with Crippen LogP contribution in [-0.2, 0) is 10.0 Å². The van der Waals surface area contributed by atoms with Crippen LogP contribution in [0.1, 0.15) is 109 Å². The largest absolute Gasteiger partial charge is 0.492 e. The van der Waals surface area contributed by atoms with E-state index >= 15 is 0 Å². The van der Waals surface area contributed by atoms with Crippen LogP contribution in [0.2, 0.25) is 0 Å². The summed E-state index contributed by atoms with van der Waals surface area (Å²) in [5.41, 5.74) is 1.18. The number of amides is 1. The van der Waals surface area contributed by atoms with Crippen LogP contribution in [0.15, 0.2) is 18.5 Å². The minimum atomic E-state index is -3.63. The fraction of sp³-hybridized carbons (Fsp3) is 0.812. The molecule has 4 aliphatic rings. The van der Waals surface area contributed by atoms with Gasteiger partial charge in [0.15, 0.2) is 0 Å². The smallest absolute Gasteiger partial charge is 0.266 e. The van der Waals surface area contributed by atoms with E-state index in [4.69, 9.17) is 4.74 Å². The summed E-state index contributed by atoms with van der Waals surface area (Å²) < 4.78 is 30.8. The Morgan fingerprint density at radius 1 is 1.08 bits per heavy atom. The third-order valence-corrected chi connectivity index (χ3v) is 12.7. The van der Waals surface area contributed by atoms with Gasteiger partial charge < -0.3 is 4.74 Å². The number of fused-ring (bicyclic) bond motifs is 5. The number of nitrogens with zero attached hydrogens (tertiary/aromatic N) is 1. The zero-order valence-electron chi connectivity index (χ0n) is 24.7. The Bertz CT molecular complexity index is 1150. The van der Waals surface area contributed by atoms with Crippen molar-refractivity contribution in [1.82, 2.24) is 9.71 Å². The number of carbonyl (C=O) groups excluding carboxylic acids is 1. The normalized spacial score (nSPS) is 38.7. The van der Waals surface area contributed by atoms with Gasteiger partial charge >= 0.3 is 0 Å². The summed E-state index contributed by atoms with van der Waals surface area (Å²) in [6, 6.07) is 1.57. The Morgan fingerprint density at radius 3 is 2.59 bits per heavy atom. The van der Waals surface area contributed by atoms with Gasteiger partial charge in [0.25, 0.3) is 5.91 Å². The summed E-state index contributed by atoms with van der Waals surface area (Å²) in [5.74, 6) is 5.71. The van der Waals surface area contributed by atoms with Crippen LogP contribution in [0, 0.1) is 52.3 Å². The standard InChI is InChI=1S/C32H50N2O4S/c1-6-22-18-25-28-11-10-26(32(28,4)15-12-29(25)31(3)14-8-7-9-27(22)31)21(2)13-16-38-24-17-23(19-33-20-24)30(35)34-39(5,36)37/h17,19-22,25-29H,6-16,18H2,1-5H3,(H,34,35)/t21-,22+,25+,26-,27+,28+,29+,31+,32-/m1/s1. The molecule has 1 aromatic heterocycles. The first-order valence-corrected chi connectivity index (χ1v) is 17.5. The van der Waals surface area contributed by atoms with E-state index in [0.29, 0.717) is 29.1 Å². The zero-order chi connectivity index (χ0) is 28.0. The Kier molecular flexibility index (Phi) is 8.13. The summed E-state index contributed by atoms with van der Waals surface area (Å²) in [6.45, 7) is 10.8. The van der Waals surface area contributed by atoms with E-state index in [0.717, 1.165) is 48.2 Å². The maximum Gasteiger partial charge on any atom is 0.266 e. The van der Waals surface area contributed by atoms with E-state index in [9.17, 15) is 13.2 Å². The lowest BCUT2D eigenvalue weighted by molar-refractivity contribution is -0.138. The number of hydrogen-bond donors (Lipinski definition) is 1. The van der Waals surface area contributed by atoms with Crippen LogP contribution in [-0.4, -0.2) is 32.2 Å². The number of rotatable bonds is 8. The molecule has 39 heavy (non-hydrogen) atoms. The second-order valence-electron chi connectivity index (χ2n) is 14.1. The molecule has 0 unspecified atom stereocenters. The van der Waals surface area contributed by atoms with Crippen LogP contribution in [0.5, 0.6) is 5.75 Å². The molecule has 9 atom stereocenters. The molecule has 1 amide bonds. The lowest BCUT2D eigenvalue weighted by Crippen LogP contribution is -2.55. The first-order chi connectivity index (χ1) is 18.5. The van der Waals surface area contributed by atoms with Crippen LogP contribution >= 0.6 is 0 Å². The molecule has 218 valence electrons. The topological polar surface area (TPSA) is 85.4 Å². The SMILES string of the molecule is CC[C@H]1C[C@@H]2[C@H](CC[C@]3(C)[C@@H]([C@H](C)CCOc4cncc(C(=O)NS(C)(=O)=O)c4)CC[C@@H]23)[C@@]2(C)CCCC[C@@H]12. The Balaban J connectivity index is 1.22. The molecule has 1 aromatic rings. The lowest BCUT2D eigenvalue weighted by atomic mass is 9.42. The molecule has 1 N–H and O–H groups in total. The first-order valence-electron chi connectivity index (χ1n) is 15.6. The highest BCUT2D eigenvalue weighted by Gasteiger charge is 2.61. The molecule has 0 saturated heterocycles. The lowest BCUT2D eigenvalue weighted by Gasteiger charge is -2.63. The number of hydrogen-bond acceptors (Lipinski definition) is 5. The van der Waals surface area contributed by atoms with Crippen molar-refractivity contribution in [2.24, 2.45) is 52.3 Å². The molecular weight excluding hydrogens is 508 g/mol. The third kappa shape index (κ3) is 5.50. The Morgan fingerprint density at radius 2 is 1.85 bits per heavy atom. The van der Waals surface area contributed by atoms with Crippen LogP contribution in [0.3, 0.4) is 0 Å². The van der Waals surface area contributed by atoms with Gasteiger partial charge in [0.05, 0.1) is 24.6 Å². The zero-order valence-corrected chi connectivity index (χ0v) is 25.6. The maximum atomic E-state index is 12.2. The Labute approximate surface area is 236 Å². The first kappa shape index (κ1) is 28.9. The monoisotopic (exact) mass is 558 g/mol. The van der Waals surface area contributed by atoms with Gasteiger partial charge in [-0.1, -0.05) is 47.0 Å². The summed E-state index contributed by atoms with van der Waals surface area (Å²) in [6.07, 6.45) is 19.1. The van der Waals surface area contributed by atoms with Crippen molar-refractivity contribution < 1.29 is 17.9 Å². The molecule has 4 saturated carbocycles. The molecule has 0 spiro atoms. The highest BCUT2D eigenvalue weighted by Crippen LogP contribution is 2.69. The number of sulfonamides is 1. The molecule has 4 fully saturated rings. The number of ether oxygens (including phenoxy) is 1. The van der Waals surface area contributed by atoms with Gasteiger partial charge in [0.1, 0.15) is 5.75 Å². The maximum absolute atomic E-state index is 12.2. The third-order valence-electron chi connectivity index (χ3n) is 12.1. The molecule has 6 nitrogen and oxygen atoms in total. The fourth-order valence-corrected chi connectivity index (χ4v) is 10.9. The highest BCUT2D eigenvalue weighted by molar-refractivity contribution is 7.89. The number of carbonyl (C=O) groups is 1. The summed E-state index contributed by atoms with van der Waals surface area (Å²) >= 11 is 0. The molecule has 0 aromatic carbocycles. The van der Waals surface area contributed by atoms with Crippen molar-refractivity contribution in [3.05, 3.63) is 24.0 Å². The van der Waals surface area contributed by atoms with E-state index in [1.165, 1.54) is 70.4 Å². The van der Waals surface area contributed by atoms with Gasteiger partial charge in [-0.15, -0.1) is 0 Å². The molecule has 4 aliphatic carbocycles. The van der Waals surface area contributed by atoms with Crippen molar-refractivity contribution >= 4 is 15.9 Å². The van der Waals surface area contributed by atoms with Crippen molar-refractivity contribution in [3.63, 3.8) is 0 Å². The molecule has 1 heterocycles. The van der Waals surface area contributed by atoms with Crippen molar-refractivity contribution in [2.75, 3.05) is 12.9 Å². The summed E-state index contributed by atoms with van der Waals surface area (Å²) in [5, 5.41) is 0. The minimum Gasteiger partial charge on any atom is -0.492 e. The average Bonchev–Trinajstić information content (AvgIpc) is 3.24. The average molecular weight is 559 g/mol. The highest BCUT2D eigenvalue weighted by atomic mass is 32.2. The molecule has 0 bridgehead atoms. The van der Waals surface area contributed by atoms with Crippen LogP contribution in [0.25, 0.3) is 0 Å². The van der Waals surface area contributed by atoms with Gasteiger partial charge in [0.2, 0.25) is 10.0 Å². The summed E-state index contributed by atoms with van der Waals surface area (Å²) in [7, 11) is -3.63. The quantitative estimate of drug-likeness (QED) is 0.377. The second kappa shape index (κ2) is 11.0. The second-order valence-corrected chi connectivity index (χ2v) is 15.8. The van der Waals surface area contributed by atoms with E-state index in [2.05, 4.69) is 32.7 Å². The molecule has 0 aliphatic heterocycles. The molecular formula is C32H50N2O4S. The van der Waals surface area contributed by atoms with Gasteiger partial charge in [-0.2, -0.15) is 0 Å². The van der Waals surface area contributed by atoms with Crippen LogP contribution in [0.4, 0.5) is 0 Å². The van der Waals surface area contributed by atoms with Gasteiger partial charge in [-0.25, -0.2) is 13.1 Å². The van der Waals surface area contributed by atoms with Crippen molar-refractivity contribution in [3.8, 4) is 5.75 Å².